The third-order valence-electron chi connectivity index (χ3n) is 18.3. The molecule has 8 rings (SSSR count). The number of sulfonamides is 2. The van der Waals surface area contributed by atoms with Crippen molar-refractivity contribution in [3.05, 3.63) is 144 Å². The maximum atomic E-state index is 14.3. The van der Waals surface area contributed by atoms with Crippen molar-refractivity contribution < 1.29 is 113 Å². The van der Waals surface area contributed by atoms with Gasteiger partial charge in [0, 0.05) is 59.9 Å². The molecule has 2 aliphatic carbocycles. The molecule has 2 aliphatic rings. The van der Waals surface area contributed by atoms with E-state index in [9.17, 15) is 75.2 Å². The van der Waals surface area contributed by atoms with Crippen molar-refractivity contribution in [3.63, 3.8) is 0 Å². The van der Waals surface area contributed by atoms with Gasteiger partial charge in [0.15, 0.2) is 11.4 Å². The van der Waals surface area contributed by atoms with E-state index in [0.29, 0.717) is 86.7 Å². The second-order valence-electron chi connectivity index (χ2n) is 25.4. The number of carboxylic acid groups (broad SMARTS) is 2. The summed E-state index contributed by atoms with van der Waals surface area (Å²) in [6.07, 6.45) is 9.42. The number of carbonyl (C=O) groups is 6. The maximum Gasteiger partial charge on any atom is 1.00 e. The molecule has 2 fully saturated rings. The Balaban J connectivity index is 0.000000347. The number of carboxylic acids is 2. The van der Waals surface area contributed by atoms with Gasteiger partial charge in [-0.15, -0.1) is 0 Å². The Kier molecular flexibility index (Phi) is 31.8. The third kappa shape index (κ3) is 22.0. The number of unbranched alkanes of at least 4 members (excludes halogenated alkanes) is 2. The van der Waals surface area contributed by atoms with Crippen LogP contribution in [0.15, 0.2) is 122 Å². The number of para-hydroxylation sites is 2. The van der Waals surface area contributed by atoms with Gasteiger partial charge in [-0.1, -0.05) is 136 Å². The summed E-state index contributed by atoms with van der Waals surface area (Å²) < 4.78 is 80.0. The van der Waals surface area contributed by atoms with Gasteiger partial charge < -0.3 is 81.8 Å². The number of aliphatic carboxylic acids is 2. The molecule has 4 amide bonds. The minimum atomic E-state index is -3.85. The molecule has 4 aromatic carbocycles. The smallest absolute Gasteiger partial charge is 0.548 e. The van der Waals surface area contributed by atoms with E-state index in [0.717, 1.165) is 34.3 Å². The van der Waals surface area contributed by atoms with Crippen molar-refractivity contribution in [3.8, 4) is 0 Å². The zero-order valence-electron chi connectivity index (χ0n) is 55.9. The number of rotatable bonds is 36. The molecule has 4 unspecified atom stereocenters. The zero-order valence-corrected chi connectivity index (χ0v) is 59.8. The second kappa shape index (κ2) is 37.7. The molecular weight excluding hydrogens is 1330 g/mol. The standard InChI is InChI=1S/2C33H46N5O8PS.2Li/c2*1-48(45,46)38-26(15-7-10-18-34)28(39)37-33(43,20-22-11-3-2-4-12-22)30(47-44)32(16-8-9-17-32)31(42)36-27(29(40)41)19-23-21-35-25-14-6-5-13-24(23)25;;/h2*2-6,11-14,21,26-27,30,35,38,43H,7-10,15-20,34,47H2,1H3,(H,36,42)(H,37,39)(H,40,41);;/q;;2*+1/p-2/t2*26-,27-,30?,33+;;/m00../s1. The number of aliphatic hydroxyl groups is 2. The average Bonchev–Trinajstić information content (AvgIpc) is 1.26. The monoisotopic (exact) mass is 1420 g/mol. The van der Waals surface area contributed by atoms with Gasteiger partial charge >= 0.3 is 37.7 Å². The summed E-state index contributed by atoms with van der Waals surface area (Å²) in [5.74, 6) is -6.14. The molecule has 0 radical (unpaired) electrons. The Morgan fingerprint density at radius 2 is 0.857 bits per heavy atom. The Morgan fingerprint density at radius 3 is 1.16 bits per heavy atom. The van der Waals surface area contributed by atoms with Crippen LogP contribution in [-0.4, -0.2) is 145 Å². The van der Waals surface area contributed by atoms with E-state index in [2.05, 4.69) is 40.7 Å². The molecule has 2 aromatic heterocycles. The minimum Gasteiger partial charge on any atom is -0.548 e. The molecule has 524 valence electrons. The van der Waals surface area contributed by atoms with Crippen molar-refractivity contribution in [2.75, 3.05) is 25.6 Å². The van der Waals surface area contributed by atoms with Crippen molar-refractivity contribution in [2.24, 2.45) is 22.3 Å². The van der Waals surface area contributed by atoms with Crippen LogP contribution in [0.1, 0.15) is 112 Å². The van der Waals surface area contributed by atoms with E-state index in [1.54, 1.807) is 73.1 Å². The first-order valence-corrected chi connectivity index (χ1v) is 38.2. The van der Waals surface area contributed by atoms with E-state index in [1.807, 2.05) is 48.5 Å². The topological polar surface area (TPSA) is 447 Å². The summed E-state index contributed by atoms with van der Waals surface area (Å²) in [6, 6.07) is 26.5. The normalized spacial score (nSPS) is 17.5. The van der Waals surface area contributed by atoms with Crippen LogP contribution in [0.25, 0.3) is 21.8 Å². The van der Waals surface area contributed by atoms with Crippen molar-refractivity contribution in [2.45, 2.75) is 163 Å². The summed E-state index contributed by atoms with van der Waals surface area (Å²) in [5.41, 5.74) is 4.96. The van der Waals surface area contributed by atoms with Gasteiger partial charge in [-0.2, -0.15) is 0 Å². The van der Waals surface area contributed by atoms with E-state index >= 15 is 0 Å². The first-order valence-electron chi connectivity index (χ1n) is 32.2. The number of carbonyl (C=O) groups excluding carboxylic acids is 6. The van der Waals surface area contributed by atoms with Crippen LogP contribution in [0.2, 0.25) is 0 Å². The van der Waals surface area contributed by atoms with Crippen molar-refractivity contribution >= 4 is 94.3 Å². The number of fused-ring (bicyclic) bond motifs is 2. The average molecular weight is 1420 g/mol. The number of H-pyrrole nitrogens is 2. The number of hydrogen-bond donors (Lipinski definition) is 12. The number of nitrogens with one attached hydrogen (secondary N) is 8. The quantitative estimate of drug-likeness (QED) is 0.00763. The van der Waals surface area contributed by atoms with Crippen molar-refractivity contribution in [1.82, 2.24) is 40.7 Å². The minimum absolute atomic E-state index is 0. The summed E-state index contributed by atoms with van der Waals surface area (Å²) >= 11 is 0. The molecule has 2 saturated carbocycles. The Labute approximate surface area is 598 Å². The van der Waals surface area contributed by atoms with Gasteiger partial charge in [0.05, 0.1) is 75.6 Å². The molecular formula is C66H90Li2N10O16P2S2. The fraction of sp³-hybridized carbons (Fsp3) is 0.485. The predicted molar refractivity (Wildman–Crippen MR) is 364 cm³/mol. The van der Waals surface area contributed by atoms with Gasteiger partial charge in [-0.25, -0.2) is 26.3 Å². The molecule has 0 saturated heterocycles. The van der Waals surface area contributed by atoms with E-state index in [-0.39, 0.29) is 102 Å². The van der Waals surface area contributed by atoms with Crippen molar-refractivity contribution in [1.29, 1.82) is 0 Å². The van der Waals surface area contributed by atoms with E-state index in [1.165, 1.54) is 0 Å². The Hall–Kier alpha value is -5.91. The van der Waals surface area contributed by atoms with E-state index < -0.39 is 130 Å². The Bertz CT molecular complexity index is 3660. The number of benzene rings is 4. The fourth-order valence-electron chi connectivity index (χ4n) is 13.7. The molecule has 26 nitrogen and oxygen atoms in total. The van der Waals surface area contributed by atoms with Crippen LogP contribution >= 0.6 is 16.9 Å². The van der Waals surface area contributed by atoms with Gasteiger partial charge in [0.2, 0.25) is 43.7 Å². The Morgan fingerprint density at radius 1 is 0.531 bits per heavy atom. The molecule has 98 heavy (non-hydrogen) atoms. The van der Waals surface area contributed by atoms with Gasteiger partial charge in [0.1, 0.15) is 12.1 Å². The number of aromatic amines is 2. The summed E-state index contributed by atoms with van der Waals surface area (Å²) in [7, 11) is -11.6. The van der Waals surface area contributed by atoms with Gasteiger partial charge in [-0.3, -0.25) is 19.2 Å². The van der Waals surface area contributed by atoms with Crippen LogP contribution in [0.5, 0.6) is 0 Å². The van der Waals surface area contributed by atoms with Gasteiger partial charge in [0.25, 0.3) is 0 Å². The van der Waals surface area contributed by atoms with Crippen LogP contribution in [0.4, 0.5) is 0 Å². The van der Waals surface area contributed by atoms with Crippen LogP contribution in [0, 0.1) is 10.8 Å². The molecule has 6 aromatic rings. The van der Waals surface area contributed by atoms with Crippen LogP contribution < -0.4 is 90.1 Å². The maximum absolute atomic E-state index is 14.3. The second-order valence-corrected chi connectivity index (χ2v) is 30.8. The number of aromatic nitrogens is 2. The molecule has 2 heterocycles. The molecule has 32 heteroatoms. The first-order chi connectivity index (χ1) is 45.6. The molecule has 0 bridgehead atoms. The summed E-state index contributed by atoms with van der Waals surface area (Å²) in [5, 5.41) is 61.7. The fourth-order valence-corrected chi connectivity index (χ4v) is 17.5. The SMILES string of the molecule is CS(=O)(=O)N[C@@H](CCCCN)C(=O)N[C@@](O)(Cc1ccccc1)C([PH2]=O)C1(C(=O)N[C@@H](Cc2c[nH]c3ccccc23)C(=O)[O-])CCCC1.CS(=O)(=O)N[C@@H](CCCCN)C(=O)N[C@@](O)(Cc1ccccc1)C([PH2]=O)C1(C(=O)N[C@@H](Cc2c[nH]c3ccccc23)C(=O)[O-])CCCC1.[Li+].[Li+]. The summed E-state index contributed by atoms with van der Waals surface area (Å²) in [4.78, 5) is 87.1. The molecule has 10 atom stereocenters. The first kappa shape index (κ1) is 82.8. The number of nitrogens with two attached hydrogens (primary N) is 2. The molecule has 0 spiro atoms. The van der Waals surface area contributed by atoms with E-state index in [4.69, 9.17) is 11.5 Å². The molecule has 14 N–H and O–H groups in total. The number of hydrogen-bond acceptors (Lipinski definition) is 18. The summed E-state index contributed by atoms with van der Waals surface area (Å²) in [6.45, 7) is 0.662. The largest absolute Gasteiger partial charge is 1.00 e. The predicted octanol–water partition coefficient (Wildman–Crippen LogP) is -4.54. The number of amides is 4. The molecule has 0 aliphatic heterocycles. The van der Waals surface area contributed by atoms with Gasteiger partial charge in [-0.05, 0) is 98.8 Å². The zero-order chi connectivity index (χ0) is 69.9. The van der Waals surface area contributed by atoms with Crippen LogP contribution in [-0.2, 0) is 83.6 Å². The van der Waals surface area contributed by atoms with Crippen LogP contribution in [0.3, 0.4) is 0 Å². The third-order valence-corrected chi connectivity index (χ3v) is 22.7.